The lowest BCUT2D eigenvalue weighted by Gasteiger charge is -2.18. The second kappa shape index (κ2) is 6.74. The van der Waals surface area contributed by atoms with Crippen LogP contribution < -0.4 is 10.6 Å². The van der Waals surface area contributed by atoms with Crippen LogP contribution in [0.3, 0.4) is 0 Å². The zero-order chi connectivity index (χ0) is 14.6. The molecule has 2 amide bonds. The minimum Gasteiger partial charge on any atom is -0.478 e. The Bertz CT molecular complexity index is 489. The molecule has 0 spiro atoms. The van der Waals surface area contributed by atoms with Gasteiger partial charge in [0.15, 0.2) is 0 Å². The van der Waals surface area contributed by atoms with E-state index in [1.807, 2.05) is 43.4 Å². The molecule has 19 heavy (non-hydrogen) atoms. The van der Waals surface area contributed by atoms with Crippen LogP contribution >= 0.6 is 22.6 Å². The first-order valence-electron chi connectivity index (χ1n) is 5.91. The van der Waals surface area contributed by atoms with Crippen LogP contribution in [0.2, 0.25) is 0 Å². The van der Waals surface area contributed by atoms with Gasteiger partial charge in [-0.2, -0.15) is 0 Å². The predicted molar refractivity (Wildman–Crippen MR) is 82.6 cm³/mol. The Morgan fingerprint density at radius 3 is 2.42 bits per heavy atom. The Kier molecular flexibility index (Phi) is 5.59. The predicted octanol–water partition coefficient (Wildman–Crippen LogP) is 3.16. The summed E-state index contributed by atoms with van der Waals surface area (Å²) in [5, 5.41) is 14.4. The molecule has 1 aromatic carbocycles. The second-order valence-corrected chi connectivity index (χ2v) is 5.87. The number of hydrogen-bond acceptors (Lipinski definition) is 2. The quantitative estimate of drug-likeness (QED) is 0.707. The molecule has 0 aliphatic heterocycles. The first kappa shape index (κ1) is 15.7. The van der Waals surface area contributed by atoms with Gasteiger partial charge < -0.3 is 15.7 Å². The number of halogens is 1. The highest BCUT2D eigenvalue weighted by atomic mass is 127. The molecule has 0 bridgehead atoms. The van der Waals surface area contributed by atoms with Crippen molar-refractivity contribution in [3.8, 4) is 0 Å². The summed E-state index contributed by atoms with van der Waals surface area (Å²) in [6.07, 6.45) is 0. The van der Waals surface area contributed by atoms with Crippen LogP contribution in [0.1, 0.15) is 31.1 Å². The van der Waals surface area contributed by atoms with Gasteiger partial charge in [0, 0.05) is 9.61 Å². The van der Waals surface area contributed by atoms with E-state index in [1.165, 1.54) is 6.07 Å². The van der Waals surface area contributed by atoms with Gasteiger partial charge in [-0.1, -0.05) is 13.8 Å². The summed E-state index contributed by atoms with van der Waals surface area (Å²) in [7, 11) is 0. The molecule has 0 radical (unpaired) electrons. The van der Waals surface area contributed by atoms with Gasteiger partial charge in [-0.05, 0) is 53.6 Å². The number of carboxylic acid groups (broad SMARTS) is 1. The van der Waals surface area contributed by atoms with Crippen LogP contribution in [0.5, 0.6) is 0 Å². The van der Waals surface area contributed by atoms with Crippen LogP contribution in [-0.4, -0.2) is 23.1 Å². The molecule has 0 aliphatic carbocycles. The summed E-state index contributed by atoms with van der Waals surface area (Å²) in [6, 6.07) is 4.46. The largest absolute Gasteiger partial charge is 0.478 e. The molecular formula is C13H17IN2O3. The summed E-state index contributed by atoms with van der Waals surface area (Å²) in [5.74, 6) is -0.757. The summed E-state index contributed by atoms with van der Waals surface area (Å²) in [4.78, 5) is 22.9. The maximum atomic E-state index is 11.8. The summed E-state index contributed by atoms with van der Waals surface area (Å²) < 4.78 is 0.802. The van der Waals surface area contributed by atoms with E-state index in [4.69, 9.17) is 5.11 Å². The highest BCUT2D eigenvalue weighted by molar-refractivity contribution is 14.1. The van der Waals surface area contributed by atoms with Crippen molar-refractivity contribution < 1.29 is 14.7 Å². The van der Waals surface area contributed by atoms with Gasteiger partial charge in [0.1, 0.15) is 0 Å². The lowest BCUT2D eigenvalue weighted by atomic mass is 10.1. The van der Waals surface area contributed by atoms with Gasteiger partial charge >= 0.3 is 12.0 Å². The van der Waals surface area contributed by atoms with Crippen LogP contribution in [0, 0.1) is 9.49 Å². The van der Waals surface area contributed by atoms with Crippen LogP contribution in [0.25, 0.3) is 0 Å². The van der Waals surface area contributed by atoms with Gasteiger partial charge in [0.25, 0.3) is 0 Å². The van der Waals surface area contributed by atoms with Crippen LogP contribution in [0.4, 0.5) is 10.5 Å². The maximum Gasteiger partial charge on any atom is 0.337 e. The van der Waals surface area contributed by atoms with E-state index < -0.39 is 12.0 Å². The summed E-state index contributed by atoms with van der Waals surface area (Å²) >= 11 is 2.03. The fraction of sp³-hybridized carbons (Fsp3) is 0.385. The van der Waals surface area contributed by atoms with E-state index in [1.54, 1.807) is 12.1 Å². The van der Waals surface area contributed by atoms with E-state index in [9.17, 15) is 9.59 Å². The van der Waals surface area contributed by atoms with Gasteiger partial charge in [-0.15, -0.1) is 0 Å². The number of urea groups is 1. The molecule has 0 heterocycles. The second-order valence-electron chi connectivity index (χ2n) is 4.63. The van der Waals surface area contributed by atoms with Gasteiger partial charge in [0.05, 0.1) is 11.3 Å². The molecule has 5 nitrogen and oxygen atoms in total. The Labute approximate surface area is 125 Å². The molecule has 1 aromatic rings. The standard InChI is InChI=1S/C13H17IN2O3/c1-7(2)8(3)15-13(19)16-11-5-4-9(14)6-10(11)12(17)18/h4-8H,1-3H3,(H,17,18)(H2,15,16,19). The highest BCUT2D eigenvalue weighted by Gasteiger charge is 2.15. The molecule has 1 rings (SSSR count). The number of amides is 2. The third kappa shape index (κ3) is 4.70. The smallest absolute Gasteiger partial charge is 0.337 e. The van der Waals surface area contributed by atoms with Gasteiger partial charge in [-0.25, -0.2) is 9.59 Å². The van der Waals surface area contributed by atoms with Crippen molar-refractivity contribution in [2.75, 3.05) is 5.32 Å². The van der Waals surface area contributed by atoms with E-state index in [0.29, 0.717) is 11.6 Å². The van der Waals surface area contributed by atoms with Crippen molar-refractivity contribution in [2.24, 2.45) is 5.92 Å². The third-order valence-electron chi connectivity index (χ3n) is 2.82. The molecule has 0 aliphatic rings. The average molecular weight is 376 g/mol. The Balaban J connectivity index is 2.82. The third-order valence-corrected chi connectivity index (χ3v) is 3.49. The molecular weight excluding hydrogens is 359 g/mol. The van der Waals surface area contributed by atoms with E-state index in [2.05, 4.69) is 10.6 Å². The first-order valence-corrected chi connectivity index (χ1v) is 6.99. The molecule has 0 fully saturated rings. The van der Waals surface area contributed by atoms with Crippen LogP contribution in [-0.2, 0) is 0 Å². The van der Waals surface area contributed by atoms with Crippen LogP contribution in [0.15, 0.2) is 18.2 Å². The minimum atomic E-state index is -1.06. The lowest BCUT2D eigenvalue weighted by Crippen LogP contribution is -2.39. The van der Waals surface area contributed by atoms with E-state index in [0.717, 1.165) is 3.57 Å². The number of anilines is 1. The molecule has 104 valence electrons. The molecule has 1 atom stereocenters. The maximum absolute atomic E-state index is 11.8. The van der Waals surface area contributed by atoms with Gasteiger partial charge in [0.2, 0.25) is 0 Å². The number of rotatable bonds is 4. The van der Waals surface area contributed by atoms with Gasteiger partial charge in [-0.3, -0.25) is 0 Å². The number of nitrogens with one attached hydrogen (secondary N) is 2. The fourth-order valence-corrected chi connectivity index (χ4v) is 1.83. The van der Waals surface area contributed by atoms with Crippen molar-refractivity contribution in [1.29, 1.82) is 0 Å². The summed E-state index contributed by atoms with van der Waals surface area (Å²) in [6.45, 7) is 5.90. The number of carbonyl (C=O) groups excluding carboxylic acids is 1. The number of carboxylic acids is 1. The fourth-order valence-electron chi connectivity index (χ4n) is 1.33. The van der Waals surface area contributed by atoms with E-state index in [-0.39, 0.29) is 11.6 Å². The van der Waals surface area contributed by atoms with E-state index >= 15 is 0 Å². The number of hydrogen-bond donors (Lipinski definition) is 3. The minimum absolute atomic E-state index is 0.0112. The molecule has 6 heteroatoms. The Morgan fingerprint density at radius 2 is 1.89 bits per heavy atom. The highest BCUT2D eigenvalue weighted by Crippen LogP contribution is 2.19. The SMILES string of the molecule is CC(C)C(C)NC(=O)Nc1ccc(I)cc1C(=O)O. The lowest BCUT2D eigenvalue weighted by molar-refractivity contribution is 0.0698. The summed E-state index contributed by atoms with van der Waals surface area (Å²) in [5.41, 5.74) is 0.376. The Hall–Kier alpha value is -1.31. The van der Waals surface area contributed by atoms with Crippen molar-refractivity contribution in [3.63, 3.8) is 0 Å². The number of carbonyl (C=O) groups is 2. The number of aromatic carboxylic acids is 1. The molecule has 0 saturated carbocycles. The average Bonchev–Trinajstić information content (AvgIpc) is 2.30. The first-order chi connectivity index (χ1) is 8.81. The molecule has 0 saturated heterocycles. The van der Waals surface area contributed by atoms with Crippen molar-refractivity contribution in [2.45, 2.75) is 26.8 Å². The molecule has 1 unspecified atom stereocenters. The molecule has 3 N–H and O–H groups in total. The zero-order valence-corrected chi connectivity index (χ0v) is 13.2. The number of benzene rings is 1. The molecule has 0 aromatic heterocycles. The zero-order valence-electron chi connectivity index (χ0n) is 11.0. The van der Waals surface area contributed by atoms with Crippen molar-refractivity contribution in [3.05, 3.63) is 27.3 Å². The van der Waals surface area contributed by atoms with Crippen molar-refractivity contribution >= 4 is 40.3 Å². The van der Waals surface area contributed by atoms with Crippen molar-refractivity contribution in [1.82, 2.24) is 5.32 Å². The normalized spacial score (nSPS) is 12.1. The Morgan fingerprint density at radius 1 is 1.26 bits per heavy atom. The monoisotopic (exact) mass is 376 g/mol. The topological polar surface area (TPSA) is 78.4 Å².